The Labute approximate surface area is 54.5 Å². The largest absolute Gasteiger partial charge is 0.334 e. The van der Waals surface area contributed by atoms with E-state index in [-0.39, 0.29) is 22.2 Å². The molecule has 0 atom stereocenters. The molecular formula is C4H9F2O2P. The Morgan fingerprint density at radius 1 is 1.00 bits per heavy atom. The summed E-state index contributed by atoms with van der Waals surface area (Å²) in [5.41, 5.74) is 0. The normalized spacial score (nSPS) is 10.0. The van der Waals surface area contributed by atoms with Gasteiger partial charge in [0.25, 0.3) is 0 Å². The van der Waals surface area contributed by atoms with E-state index in [4.69, 9.17) is 0 Å². The quantitative estimate of drug-likeness (QED) is 0.430. The molecule has 0 aromatic carbocycles. The Morgan fingerprint density at radius 2 is 1.44 bits per heavy atom. The molecule has 0 heterocycles. The van der Waals surface area contributed by atoms with Crippen LogP contribution in [0.5, 0.6) is 0 Å². The lowest BCUT2D eigenvalue weighted by Crippen LogP contribution is -1.90. The van der Waals surface area contributed by atoms with Crippen molar-refractivity contribution in [3.8, 4) is 0 Å². The zero-order chi connectivity index (χ0) is 6.95. The summed E-state index contributed by atoms with van der Waals surface area (Å²) < 4.78 is 31.6. The minimum Gasteiger partial charge on any atom is -0.334 e. The lowest BCUT2D eigenvalue weighted by atomic mass is 10.9. The molecule has 0 unspecified atom stereocenters. The van der Waals surface area contributed by atoms with Crippen LogP contribution in [0.3, 0.4) is 0 Å². The molecule has 5 heteroatoms. The van der Waals surface area contributed by atoms with Gasteiger partial charge in [0.1, 0.15) is 13.3 Å². The highest BCUT2D eigenvalue weighted by Crippen LogP contribution is 2.11. The van der Waals surface area contributed by atoms with Gasteiger partial charge in [-0.3, -0.25) is 0 Å². The maximum Gasteiger partial charge on any atom is 0.155 e. The van der Waals surface area contributed by atoms with Gasteiger partial charge in [0.15, 0.2) is 9.03 Å². The van der Waals surface area contributed by atoms with Crippen molar-refractivity contribution in [2.45, 2.75) is 0 Å². The predicted octanol–water partition coefficient (Wildman–Crippen LogP) is 1.47. The molecule has 0 amide bonds. The van der Waals surface area contributed by atoms with Gasteiger partial charge in [-0.25, -0.2) is 8.78 Å². The Kier molecular flexibility index (Phi) is 8.40. The third kappa shape index (κ3) is 8.21. The summed E-state index contributed by atoms with van der Waals surface area (Å²) in [6, 6.07) is 0. The van der Waals surface area contributed by atoms with Crippen molar-refractivity contribution in [3.63, 3.8) is 0 Å². The summed E-state index contributed by atoms with van der Waals surface area (Å²) in [6.07, 6.45) is 0. The molecule has 0 aromatic rings. The van der Waals surface area contributed by atoms with Crippen LogP contribution >= 0.6 is 9.03 Å². The molecule has 0 aromatic heterocycles. The molecule has 0 aliphatic carbocycles. The Balaban J connectivity index is 2.60. The monoisotopic (exact) mass is 158 g/mol. The average Bonchev–Trinajstić information content (AvgIpc) is 1.89. The first kappa shape index (κ1) is 9.21. The van der Waals surface area contributed by atoms with Crippen LogP contribution in [-0.2, 0) is 9.05 Å². The summed E-state index contributed by atoms with van der Waals surface area (Å²) in [6.45, 7) is -0.979. The molecule has 0 aliphatic heterocycles. The zero-order valence-corrected chi connectivity index (χ0v) is 5.90. The van der Waals surface area contributed by atoms with Crippen LogP contribution < -0.4 is 0 Å². The van der Waals surface area contributed by atoms with E-state index in [0.29, 0.717) is 0 Å². The highest BCUT2D eigenvalue weighted by molar-refractivity contribution is 7.26. The van der Waals surface area contributed by atoms with Gasteiger partial charge in [-0.05, 0) is 0 Å². The zero-order valence-electron chi connectivity index (χ0n) is 4.90. The van der Waals surface area contributed by atoms with Crippen LogP contribution in [0.25, 0.3) is 0 Å². The van der Waals surface area contributed by atoms with E-state index < -0.39 is 13.3 Å². The van der Waals surface area contributed by atoms with E-state index in [1.165, 1.54) is 0 Å². The van der Waals surface area contributed by atoms with Gasteiger partial charge in [-0.15, -0.1) is 0 Å². The van der Waals surface area contributed by atoms with E-state index in [9.17, 15) is 8.78 Å². The molecule has 0 fully saturated rings. The first-order valence-corrected chi connectivity index (χ1v) is 3.34. The minimum absolute atomic E-state index is 0.0325. The number of rotatable bonds is 6. The maximum absolute atomic E-state index is 11.3. The lowest BCUT2D eigenvalue weighted by Gasteiger charge is -1.98. The average molecular weight is 158 g/mol. The van der Waals surface area contributed by atoms with E-state index in [2.05, 4.69) is 9.05 Å². The van der Waals surface area contributed by atoms with Crippen molar-refractivity contribution in [3.05, 3.63) is 0 Å². The topological polar surface area (TPSA) is 18.5 Å². The predicted molar refractivity (Wildman–Crippen MR) is 32.2 cm³/mol. The Hall–Kier alpha value is 0.210. The highest BCUT2D eigenvalue weighted by atomic mass is 31.1. The van der Waals surface area contributed by atoms with E-state index in [1.54, 1.807) is 0 Å². The van der Waals surface area contributed by atoms with Crippen LogP contribution in [-0.4, -0.2) is 26.6 Å². The molecule has 0 saturated heterocycles. The fourth-order valence-corrected chi connectivity index (χ4v) is 0.606. The molecule has 0 radical (unpaired) electrons. The molecule has 0 bridgehead atoms. The van der Waals surface area contributed by atoms with Crippen LogP contribution in [0.1, 0.15) is 0 Å². The van der Waals surface area contributed by atoms with E-state index in [1.807, 2.05) is 0 Å². The summed E-state index contributed by atoms with van der Waals surface area (Å²) in [4.78, 5) is 0. The Bertz CT molecular complexity index is 49.8. The lowest BCUT2D eigenvalue weighted by molar-refractivity contribution is 0.231. The summed E-state index contributed by atoms with van der Waals surface area (Å²) in [5.74, 6) is 0. The maximum atomic E-state index is 11.3. The molecule has 0 spiro atoms. The van der Waals surface area contributed by atoms with E-state index in [0.717, 1.165) is 0 Å². The van der Waals surface area contributed by atoms with Crippen LogP contribution in [0, 0.1) is 0 Å². The van der Waals surface area contributed by atoms with Crippen molar-refractivity contribution in [2.24, 2.45) is 0 Å². The summed E-state index contributed by atoms with van der Waals surface area (Å²) in [7, 11) is -0.234. The fraction of sp³-hybridized carbons (Fsp3) is 1.00. The number of hydrogen-bond donors (Lipinski definition) is 0. The Morgan fingerprint density at radius 3 is 1.78 bits per heavy atom. The number of halogens is 2. The standard InChI is InChI=1S/C4H9F2O2P/c5-1-3-7-9-8-4-2-6/h9H,1-4H2. The SMILES string of the molecule is FCCOPOCCF. The van der Waals surface area contributed by atoms with Crippen LogP contribution in [0.15, 0.2) is 0 Å². The van der Waals surface area contributed by atoms with Gasteiger partial charge in [0.2, 0.25) is 0 Å². The molecule has 0 N–H and O–H groups in total. The smallest absolute Gasteiger partial charge is 0.155 e. The fourth-order valence-electron chi connectivity index (χ4n) is 0.202. The third-order valence-electron chi connectivity index (χ3n) is 0.476. The molecule has 2 nitrogen and oxygen atoms in total. The van der Waals surface area contributed by atoms with Crippen molar-refractivity contribution in [1.29, 1.82) is 0 Å². The molecule has 56 valence electrons. The number of alkyl halides is 2. The van der Waals surface area contributed by atoms with Crippen molar-refractivity contribution < 1.29 is 17.8 Å². The highest BCUT2D eigenvalue weighted by Gasteiger charge is 1.86. The van der Waals surface area contributed by atoms with Crippen molar-refractivity contribution in [1.82, 2.24) is 0 Å². The van der Waals surface area contributed by atoms with Gasteiger partial charge >= 0.3 is 0 Å². The minimum atomic E-state index is -0.522. The van der Waals surface area contributed by atoms with Gasteiger partial charge in [0.05, 0.1) is 13.2 Å². The van der Waals surface area contributed by atoms with Crippen LogP contribution in [0.2, 0.25) is 0 Å². The van der Waals surface area contributed by atoms with Crippen molar-refractivity contribution >= 4 is 9.03 Å². The second kappa shape index (κ2) is 8.21. The second-order valence-corrected chi connectivity index (χ2v) is 1.90. The first-order chi connectivity index (χ1) is 4.41. The molecule has 0 saturated carbocycles. The second-order valence-electron chi connectivity index (χ2n) is 1.16. The van der Waals surface area contributed by atoms with Gasteiger partial charge in [-0.1, -0.05) is 0 Å². The summed E-state index contributed by atoms with van der Waals surface area (Å²) in [5, 5.41) is 0. The first-order valence-electron chi connectivity index (χ1n) is 2.52. The molecule has 0 aliphatic rings. The molecule has 9 heavy (non-hydrogen) atoms. The van der Waals surface area contributed by atoms with Crippen molar-refractivity contribution in [2.75, 3.05) is 26.6 Å². The molecule has 0 rings (SSSR count). The number of hydrogen-bond acceptors (Lipinski definition) is 2. The van der Waals surface area contributed by atoms with Gasteiger partial charge in [0, 0.05) is 0 Å². The van der Waals surface area contributed by atoms with E-state index >= 15 is 0 Å². The van der Waals surface area contributed by atoms with Gasteiger partial charge < -0.3 is 9.05 Å². The summed E-state index contributed by atoms with van der Waals surface area (Å²) >= 11 is 0. The van der Waals surface area contributed by atoms with Crippen LogP contribution in [0.4, 0.5) is 8.78 Å². The third-order valence-corrected chi connectivity index (χ3v) is 1.12. The van der Waals surface area contributed by atoms with Gasteiger partial charge in [-0.2, -0.15) is 0 Å². The molecular weight excluding hydrogens is 149 g/mol.